The highest BCUT2D eigenvalue weighted by Gasteiger charge is 2.25. The molecule has 1 aromatic carbocycles. The summed E-state index contributed by atoms with van der Waals surface area (Å²) >= 11 is 0. The molecule has 2 saturated heterocycles. The van der Waals surface area contributed by atoms with Crippen LogP contribution in [0, 0.1) is 11.7 Å². The first-order valence-corrected chi connectivity index (χ1v) is 8.02. The second-order valence-electron chi connectivity index (χ2n) is 6.37. The molecule has 2 heterocycles. The van der Waals surface area contributed by atoms with E-state index in [1.807, 2.05) is 6.07 Å². The van der Waals surface area contributed by atoms with Crippen molar-refractivity contribution in [3.8, 4) is 5.75 Å². The number of likely N-dealkylation sites (tertiary alicyclic amines) is 2. The molecule has 21 heavy (non-hydrogen) atoms. The van der Waals surface area contributed by atoms with Crippen molar-refractivity contribution in [3.63, 3.8) is 0 Å². The third kappa shape index (κ3) is 3.74. The second-order valence-corrected chi connectivity index (χ2v) is 6.37. The molecule has 0 amide bonds. The van der Waals surface area contributed by atoms with Crippen LogP contribution in [-0.4, -0.2) is 49.6 Å². The summed E-state index contributed by atoms with van der Waals surface area (Å²) in [4.78, 5) is 5.04. The Morgan fingerprint density at radius 2 is 2.00 bits per heavy atom. The highest BCUT2D eigenvalue weighted by atomic mass is 19.1. The molecule has 116 valence electrons. The van der Waals surface area contributed by atoms with E-state index in [0.29, 0.717) is 5.75 Å². The van der Waals surface area contributed by atoms with E-state index < -0.39 is 0 Å². The average molecular weight is 292 g/mol. The van der Waals surface area contributed by atoms with Crippen molar-refractivity contribution >= 4 is 0 Å². The zero-order chi connectivity index (χ0) is 14.7. The molecular formula is C17H25FN2O. The molecule has 2 fully saturated rings. The third-order valence-electron chi connectivity index (χ3n) is 4.71. The van der Waals surface area contributed by atoms with Gasteiger partial charge in [-0.05, 0) is 62.5 Å². The molecular weight excluding hydrogens is 267 g/mol. The Morgan fingerprint density at radius 1 is 1.19 bits per heavy atom. The largest absolute Gasteiger partial charge is 0.494 e. The Balaban J connectivity index is 1.51. The molecule has 3 nitrogen and oxygen atoms in total. The van der Waals surface area contributed by atoms with Crippen molar-refractivity contribution in [1.82, 2.24) is 9.80 Å². The minimum Gasteiger partial charge on any atom is -0.494 e. The molecule has 0 radical (unpaired) electrons. The highest BCUT2D eigenvalue weighted by Crippen LogP contribution is 2.23. The minimum atomic E-state index is -0.261. The molecule has 2 aliphatic heterocycles. The molecule has 0 saturated carbocycles. The fourth-order valence-corrected chi connectivity index (χ4v) is 3.60. The van der Waals surface area contributed by atoms with Crippen LogP contribution in [0.25, 0.3) is 0 Å². The van der Waals surface area contributed by atoms with Gasteiger partial charge < -0.3 is 9.64 Å². The number of methoxy groups -OCH3 is 1. The number of hydrogen-bond acceptors (Lipinski definition) is 3. The van der Waals surface area contributed by atoms with Crippen molar-refractivity contribution in [3.05, 3.63) is 29.6 Å². The maximum absolute atomic E-state index is 13.7. The van der Waals surface area contributed by atoms with E-state index >= 15 is 0 Å². The van der Waals surface area contributed by atoms with Crippen LogP contribution in [-0.2, 0) is 6.54 Å². The van der Waals surface area contributed by atoms with Gasteiger partial charge >= 0.3 is 0 Å². The molecule has 1 unspecified atom stereocenters. The first kappa shape index (κ1) is 14.8. The summed E-state index contributed by atoms with van der Waals surface area (Å²) in [6.45, 7) is 6.92. The Kier molecular flexibility index (Phi) is 4.76. The van der Waals surface area contributed by atoms with Gasteiger partial charge in [0.2, 0.25) is 0 Å². The predicted molar refractivity (Wildman–Crippen MR) is 82.0 cm³/mol. The summed E-state index contributed by atoms with van der Waals surface area (Å²) in [6.07, 6.45) is 4.00. The number of hydrogen-bond donors (Lipinski definition) is 0. The van der Waals surface area contributed by atoms with Crippen molar-refractivity contribution in [2.45, 2.75) is 25.8 Å². The van der Waals surface area contributed by atoms with Crippen LogP contribution in [0.2, 0.25) is 0 Å². The lowest BCUT2D eigenvalue weighted by Gasteiger charge is -2.20. The maximum atomic E-state index is 13.7. The van der Waals surface area contributed by atoms with Crippen LogP contribution in [0.15, 0.2) is 18.2 Å². The van der Waals surface area contributed by atoms with Crippen LogP contribution >= 0.6 is 0 Å². The summed E-state index contributed by atoms with van der Waals surface area (Å²) in [5.74, 6) is 0.848. The number of halogens is 1. The van der Waals surface area contributed by atoms with Crippen LogP contribution in [0.4, 0.5) is 4.39 Å². The first-order chi connectivity index (χ1) is 10.2. The molecule has 0 bridgehead atoms. The van der Waals surface area contributed by atoms with Crippen LogP contribution in [0.5, 0.6) is 5.75 Å². The topological polar surface area (TPSA) is 15.7 Å². The van der Waals surface area contributed by atoms with E-state index in [9.17, 15) is 4.39 Å². The number of rotatable bonds is 5. The van der Waals surface area contributed by atoms with Crippen molar-refractivity contribution < 1.29 is 9.13 Å². The van der Waals surface area contributed by atoms with E-state index in [0.717, 1.165) is 31.1 Å². The molecule has 2 aliphatic rings. The van der Waals surface area contributed by atoms with Gasteiger partial charge in [0.05, 0.1) is 7.11 Å². The summed E-state index contributed by atoms with van der Waals surface area (Å²) in [5.41, 5.74) is 1.04. The fraction of sp³-hybridized carbons (Fsp3) is 0.647. The van der Waals surface area contributed by atoms with E-state index in [1.54, 1.807) is 12.1 Å². The van der Waals surface area contributed by atoms with Gasteiger partial charge in [0, 0.05) is 19.6 Å². The van der Waals surface area contributed by atoms with Gasteiger partial charge in [-0.15, -0.1) is 0 Å². The maximum Gasteiger partial charge on any atom is 0.165 e. The average Bonchev–Trinajstić information content (AvgIpc) is 3.12. The Bertz CT molecular complexity index is 474. The highest BCUT2D eigenvalue weighted by molar-refractivity contribution is 5.29. The van der Waals surface area contributed by atoms with E-state index in [1.165, 1.54) is 46.0 Å². The Hall–Kier alpha value is -1.13. The SMILES string of the molecule is COc1ccc(CN2CCC(CN3CCCC3)C2)cc1F. The van der Waals surface area contributed by atoms with Crippen molar-refractivity contribution in [2.24, 2.45) is 5.92 Å². The van der Waals surface area contributed by atoms with Crippen LogP contribution in [0.3, 0.4) is 0 Å². The number of ether oxygens (including phenoxy) is 1. The van der Waals surface area contributed by atoms with Crippen LogP contribution < -0.4 is 4.74 Å². The zero-order valence-corrected chi connectivity index (χ0v) is 12.9. The second kappa shape index (κ2) is 6.75. The fourth-order valence-electron chi connectivity index (χ4n) is 3.60. The summed E-state index contributed by atoms with van der Waals surface area (Å²) in [5, 5.41) is 0. The lowest BCUT2D eigenvalue weighted by molar-refractivity contribution is 0.260. The van der Waals surface area contributed by atoms with E-state index in [2.05, 4.69) is 9.80 Å². The van der Waals surface area contributed by atoms with Crippen molar-refractivity contribution in [2.75, 3.05) is 39.8 Å². The summed E-state index contributed by atoms with van der Waals surface area (Å²) in [6, 6.07) is 5.30. The Labute approximate surface area is 126 Å². The number of nitrogens with zero attached hydrogens (tertiary/aromatic N) is 2. The lowest BCUT2D eigenvalue weighted by Crippen LogP contribution is -2.28. The third-order valence-corrected chi connectivity index (χ3v) is 4.71. The van der Waals surface area contributed by atoms with Gasteiger partial charge in [-0.1, -0.05) is 6.07 Å². The first-order valence-electron chi connectivity index (χ1n) is 8.02. The smallest absolute Gasteiger partial charge is 0.165 e. The van der Waals surface area contributed by atoms with Gasteiger partial charge in [-0.2, -0.15) is 0 Å². The van der Waals surface area contributed by atoms with Crippen LogP contribution in [0.1, 0.15) is 24.8 Å². The zero-order valence-electron chi connectivity index (χ0n) is 12.9. The van der Waals surface area contributed by atoms with E-state index in [4.69, 9.17) is 4.74 Å². The molecule has 0 aliphatic carbocycles. The van der Waals surface area contributed by atoms with E-state index in [-0.39, 0.29) is 5.82 Å². The number of benzene rings is 1. The van der Waals surface area contributed by atoms with Gasteiger partial charge in [0.15, 0.2) is 11.6 Å². The minimum absolute atomic E-state index is 0.261. The standard InChI is InChI=1S/C17H25FN2O/c1-21-17-5-4-14(10-16(17)18)11-20-9-6-15(13-20)12-19-7-2-3-8-19/h4-5,10,15H,2-3,6-9,11-13H2,1H3. The molecule has 0 spiro atoms. The van der Waals surface area contributed by atoms with Gasteiger partial charge in [-0.3, -0.25) is 4.90 Å². The molecule has 1 aromatic rings. The summed E-state index contributed by atoms with van der Waals surface area (Å²) in [7, 11) is 1.50. The lowest BCUT2D eigenvalue weighted by atomic mass is 10.1. The predicted octanol–water partition coefficient (Wildman–Crippen LogP) is 2.75. The molecule has 0 aromatic heterocycles. The normalized spacial score (nSPS) is 23.8. The summed E-state index contributed by atoms with van der Waals surface area (Å²) < 4.78 is 18.7. The molecule has 1 atom stereocenters. The molecule has 0 N–H and O–H groups in total. The van der Waals surface area contributed by atoms with Gasteiger partial charge in [0.1, 0.15) is 0 Å². The molecule has 3 rings (SSSR count). The Morgan fingerprint density at radius 3 is 2.71 bits per heavy atom. The quantitative estimate of drug-likeness (QED) is 0.830. The van der Waals surface area contributed by atoms with Gasteiger partial charge in [0.25, 0.3) is 0 Å². The monoisotopic (exact) mass is 292 g/mol. The van der Waals surface area contributed by atoms with Crippen molar-refractivity contribution in [1.29, 1.82) is 0 Å². The molecule has 4 heteroatoms. The van der Waals surface area contributed by atoms with Gasteiger partial charge in [-0.25, -0.2) is 4.39 Å².